The average Bonchev–Trinajstić information content (AvgIpc) is 2.75. The molecule has 0 spiro atoms. The molecule has 0 aromatic carbocycles. The van der Waals surface area contributed by atoms with Crippen molar-refractivity contribution in [3.63, 3.8) is 0 Å². The number of hydrogen-bond acceptors (Lipinski definition) is 5. The second kappa shape index (κ2) is 6.54. The molecule has 2 rings (SSSR count). The molecule has 0 unspecified atom stereocenters. The third-order valence-electron chi connectivity index (χ3n) is 2.55. The third kappa shape index (κ3) is 4.43. The molecule has 3 nitrogen and oxygen atoms in total. The summed E-state index contributed by atoms with van der Waals surface area (Å²) >= 11 is 3.60. The predicted octanol–water partition coefficient (Wildman–Crippen LogP) is 2.61. The van der Waals surface area contributed by atoms with E-state index in [1.807, 2.05) is 0 Å². The Morgan fingerprint density at radius 3 is 2.94 bits per heavy atom. The summed E-state index contributed by atoms with van der Waals surface area (Å²) in [5.41, 5.74) is 0. The fourth-order valence-corrected chi connectivity index (χ4v) is 3.84. The Hall–Kier alpha value is -0.360. The predicted molar refractivity (Wildman–Crippen MR) is 71.6 cm³/mol. The van der Waals surface area contributed by atoms with Gasteiger partial charge in [0.2, 0.25) is 0 Å². The van der Waals surface area contributed by atoms with E-state index in [-0.39, 0.29) is 5.78 Å². The first kappa shape index (κ1) is 13.1. The number of carbonyl (C=O) groups excluding carboxylic acids is 1. The maximum absolute atomic E-state index is 10.9. The van der Waals surface area contributed by atoms with Gasteiger partial charge in [-0.05, 0) is 37.4 Å². The lowest BCUT2D eigenvalue weighted by Gasteiger charge is -2.24. The quantitative estimate of drug-likeness (QED) is 0.770. The van der Waals surface area contributed by atoms with E-state index in [0.29, 0.717) is 6.42 Å². The Morgan fingerprint density at radius 2 is 2.24 bits per heavy atom. The van der Waals surface area contributed by atoms with Gasteiger partial charge in [-0.2, -0.15) is 0 Å². The smallest absolute Gasteiger partial charge is 0.130 e. The van der Waals surface area contributed by atoms with Crippen molar-refractivity contribution >= 4 is 29.1 Å². The third-order valence-corrected chi connectivity index (χ3v) is 4.90. The molecule has 0 saturated carbocycles. The van der Waals surface area contributed by atoms with Crippen molar-refractivity contribution in [1.29, 1.82) is 0 Å². The number of hydrogen-bond donors (Lipinski definition) is 0. The molecule has 94 valence electrons. The number of carbonyl (C=O) groups is 1. The molecule has 17 heavy (non-hydrogen) atoms. The van der Waals surface area contributed by atoms with E-state index in [9.17, 15) is 4.79 Å². The fourth-order valence-electron chi connectivity index (χ4n) is 1.61. The van der Waals surface area contributed by atoms with Crippen LogP contribution in [0.5, 0.6) is 0 Å². The molecule has 1 aliphatic heterocycles. The van der Waals surface area contributed by atoms with Gasteiger partial charge in [-0.3, -0.25) is 0 Å². The minimum Gasteiger partial charge on any atom is -0.379 e. The molecule has 2 heterocycles. The average molecular weight is 271 g/mol. The molecule has 0 atom stereocenters. The van der Waals surface area contributed by atoms with Crippen LogP contribution in [0, 0.1) is 0 Å². The molecular formula is C12H17NO2S2. The molecule has 1 aromatic rings. The fraction of sp³-hybridized carbons (Fsp3) is 0.583. The van der Waals surface area contributed by atoms with E-state index < -0.39 is 0 Å². The van der Waals surface area contributed by atoms with Gasteiger partial charge < -0.3 is 9.53 Å². The highest BCUT2D eigenvalue weighted by molar-refractivity contribution is 7.98. The Morgan fingerprint density at radius 1 is 1.47 bits per heavy atom. The standard InChI is InChI=1S/C12H17NO2S2/c1-10(14)2-3-11-4-5-12(16-11)17-13-6-8-15-9-7-13/h4-5H,2-3,6-9H2,1H3. The van der Waals surface area contributed by atoms with Crippen molar-refractivity contribution in [2.24, 2.45) is 0 Å². The van der Waals surface area contributed by atoms with Crippen LogP contribution in [0.2, 0.25) is 0 Å². The molecular weight excluding hydrogens is 254 g/mol. The maximum atomic E-state index is 10.9. The zero-order valence-corrected chi connectivity index (χ0v) is 11.6. The first-order valence-corrected chi connectivity index (χ1v) is 7.42. The molecule has 1 saturated heterocycles. The summed E-state index contributed by atoms with van der Waals surface area (Å²) in [5, 5.41) is 0. The zero-order chi connectivity index (χ0) is 12.1. The van der Waals surface area contributed by atoms with E-state index in [1.54, 1.807) is 30.2 Å². The van der Waals surface area contributed by atoms with Crippen LogP contribution in [0.25, 0.3) is 0 Å². The van der Waals surface area contributed by atoms with Crippen molar-refractivity contribution in [2.45, 2.75) is 24.0 Å². The van der Waals surface area contributed by atoms with Crippen LogP contribution in [0.3, 0.4) is 0 Å². The first-order valence-electron chi connectivity index (χ1n) is 5.83. The SMILES string of the molecule is CC(=O)CCc1ccc(SN2CCOCC2)s1. The van der Waals surface area contributed by atoms with Gasteiger partial charge in [0.25, 0.3) is 0 Å². The molecule has 0 N–H and O–H groups in total. The summed E-state index contributed by atoms with van der Waals surface area (Å²) in [7, 11) is 0. The summed E-state index contributed by atoms with van der Waals surface area (Å²) in [6, 6.07) is 4.29. The number of ketones is 1. The second-order valence-electron chi connectivity index (χ2n) is 4.06. The molecule has 1 aliphatic rings. The number of morpholine rings is 1. The molecule has 5 heteroatoms. The monoisotopic (exact) mass is 271 g/mol. The van der Waals surface area contributed by atoms with E-state index in [2.05, 4.69) is 16.4 Å². The Labute approximate surface area is 110 Å². The number of nitrogens with zero attached hydrogens (tertiary/aromatic N) is 1. The summed E-state index contributed by atoms with van der Waals surface area (Å²) in [5.74, 6) is 0.265. The lowest BCUT2D eigenvalue weighted by atomic mass is 10.2. The van der Waals surface area contributed by atoms with Gasteiger partial charge >= 0.3 is 0 Å². The summed E-state index contributed by atoms with van der Waals surface area (Å²) < 4.78 is 8.97. The van der Waals surface area contributed by atoms with E-state index in [1.165, 1.54) is 9.09 Å². The van der Waals surface area contributed by atoms with E-state index in [4.69, 9.17) is 4.74 Å². The highest BCUT2D eigenvalue weighted by atomic mass is 32.2. The van der Waals surface area contributed by atoms with Crippen molar-refractivity contribution in [3.05, 3.63) is 17.0 Å². The Balaban J connectivity index is 1.82. The van der Waals surface area contributed by atoms with Crippen molar-refractivity contribution in [1.82, 2.24) is 4.31 Å². The highest BCUT2D eigenvalue weighted by Crippen LogP contribution is 2.31. The van der Waals surface area contributed by atoms with Gasteiger partial charge in [0, 0.05) is 24.4 Å². The van der Waals surface area contributed by atoms with Crippen LogP contribution in [-0.2, 0) is 16.0 Å². The lowest BCUT2D eigenvalue weighted by Crippen LogP contribution is -2.30. The van der Waals surface area contributed by atoms with Gasteiger partial charge in [0.05, 0.1) is 17.4 Å². The molecule has 0 radical (unpaired) electrons. The summed E-state index contributed by atoms with van der Waals surface area (Å²) in [6.07, 6.45) is 1.53. The van der Waals surface area contributed by atoms with Crippen LogP contribution in [0.15, 0.2) is 16.3 Å². The van der Waals surface area contributed by atoms with Crippen LogP contribution >= 0.6 is 23.3 Å². The van der Waals surface area contributed by atoms with Crippen molar-refractivity contribution in [3.8, 4) is 0 Å². The van der Waals surface area contributed by atoms with Gasteiger partial charge in [-0.15, -0.1) is 11.3 Å². The lowest BCUT2D eigenvalue weighted by molar-refractivity contribution is -0.116. The van der Waals surface area contributed by atoms with Gasteiger partial charge in [0.1, 0.15) is 5.78 Å². The molecule has 1 fully saturated rings. The van der Waals surface area contributed by atoms with Gasteiger partial charge in [0.15, 0.2) is 0 Å². The minimum absolute atomic E-state index is 0.265. The second-order valence-corrected chi connectivity index (χ2v) is 6.62. The number of ether oxygens (including phenoxy) is 1. The summed E-state index contributed by atoms with van der Waals surface area (Å²) in [6.45, 7) is 5.29. The normalized spacial score (nSPS) is 17.2. The number of aryl methyl sites for hydroxylation is 1. The zero-order valence-electron chi connectivity index (χ0n) is 9.98. The van der Waals surface area contributed by atoms with Gasteiger partial charge in [-0.1, -0.05) is 0 Å². The Bertz CT molecular complexity index is 372. The van der Waals surface area contributed by atoms with Crippen LogP contribution in [-0.4, -0.2) is 36.4 Å². The molecule has 0 aliphatic carbocycles. The number of Topliss-reactive ketones (excluding diaryl/α,β-unsaturated/α-hetero) is 1. The van der Waals surface area contributed by atoms with Crippen LogP contribution in [0.1, 0.15) is 18.2 Å². The van der Waals surface area contributed by atoms with Crippen molar-refractivity contribution in [2.75, 3.05) is 26.3 Å². The van der Waals surface area contributed by atoms with Crippen LogP contribution < -0.4 is 0 Å². The summed E-state index contributed by atoms with van der Waals surface area (Å²) in [4.78, 5) is 12.2. The highest BCUT2D eigenvalue weighted by Gasteiger charge is 2.12. The largest absolute Gasteiger partial charge is 0.379 e. The first-order chi connectivity index (χ1) is 8.24. The minimum atomic E-state index is 0.265. The molecule has 1 aromatic heterocycles. The Kier molecular flexibility index (Phi) is 5.03. The molecule has 0 amide bonds. The maximum Gasteiger partial charge on any atom is 0.130 e. The number of rotatable bonds is 5. The van der Waals surface area contributed by atoms with E-state index in [0.717, 1.165) is 32.7 Å². The van der Waals surface area contributed by atoms with E-state index >= 15 is 0 Å². The topological polar surface area (TPSA) is 29.5 Å². The van der Waals surface area contributed by atoms with Crippen molar-refractivity contribution < 1.29 is 9.53 Å². The van der Waals surface area contributed by atoms with Gasteiger partial charge in [-0.25, -0.2) is 4.31 Å². The van der Waals surface area contributed by atoms with Crippen LogP contribution in [0.4, 0.5) is 0 Å². The molecule has 0 bridgehead atoms. The number of thiophene rings is 1.